The van der Waals surface area contributed by atoms with Gasteiger partial charge >= 0.3 is 0 Å². The quantitative estimate of drug-likeness (QED) is 0.645. The third-order valence-corrected chi connectivity index (χ3v) is 6.98. The van der Waals surface area contributed by atoms with Gasteiger partial charge in [-0.2, -0.15) is 15.8 Å². The lowest BCUT2D eigenvalue weighted by Gasteiger charge is -2.49. The SMILES string of the molecule is CCC1C2(c3ccccc3)OC(=N)C1(C#N)C(C#N)(C#N)C(c1cc(Br)ccc1OC)O2. The summed E-state index contributed by atoms with van der Waals surface area (Å²) in [4.78, 5) is 0. The third-order valence-electron chi connectivity index (χ3n) is 6.49. The molecule has 2 aromatic carbocycles. The van der Waals surface area contributed by atoms with E-state index in [9.17, 15) is 15.8 Å². The molecule has 4 rings (SSSR count). The Morgan fingerprint density at radius 2 is 1.78 bits per heavy atom. The molecule has 2 aliphatic heterocycles. The molecule has 2 aromatic rings. The molecule has 160 valence electrons. The number of benzene rings is 2. The van der Waals surface area contributed by atoms with E-state index in [2.05, 4.69) is 34.1 Å². The van der Waals surface area contributed by atoms with Gasteiger partial charge in [-0.3, -0.25) is 5.41 Å². The molecule has 0 saturated carbocycles. The predicted molar refractivity (Wildman–Crippen MR) is 117 cm³/mol. The molecular weight excluding hydrogens is 472 g/mol. The average Bonchev–Trinajstić information content (AvgIpc) is 3.03. The molecule has 2 heterocycles. The smallest absolute Gasteiger partial charge is 0.244 e. The Morgan fingerprint density at radius 1 is 1.09 bits per heavy atom. The first kappa shape index (κ1) is 21.8. The molecule has 7 nitrogen and oxygen atoms in total. The summed E-state index contributed by atoms with van der Waals surface area (Å²) < 4.78 is 18.8. The highest BCUT2D eigenvalue weighted by Gasteiger charge is 2.80. The minimum atomic E-state index is -2.05. The fourth-order valence-electron chi connectivity index (χ4n) is 5.09. The number of methoxy groups -OCH3 is 1. The van der Waals surface area contributed by atoms with Crippen LogP contribution in [0.15, 0.2) is 53.0 Å². The minimum absolute atomic E-state index is 0.346. The summed E-state index contributed by atoms with van der Waals surface area (Å²) in [5, 5.41) is 40.0. The number of nitrogens with zero attached hydrogens (tertiary/aromatic N) is 3. The standard InChI is InChI=1S/C24H19BrN4O3/c1-3-19-23(14-28)21(29)32-24(19,15-7-5-4-6-8-15)31-20(22(23,12-26)13-27)17-11-16(25)9-10-18(17)30-2/h4-11,19-20,29H,3H2,1-2H3. The van der Waals surface area contributed by atoms with Gasteiger partial charge in [-0.1, -0.05) is 53.2 Å². The maximum atomic E-state index is 10.5. The zero-order valence-electron chi connectivity index (χ0n) is 17.4. The fourth-order valence-corrected chi connectivity index (χ4v) is 5.47. The van der Waals surface area contributed by atoms with Crippen molar-refractivity contribution in [1.29, 1.82) is 21.2 Å². The van der Waals surface area contributed by atoms with Crippen LogP contribution in [0, 0.1) is 56.2 Å². The molecule has 2 bridgehead atoms. The van der Waals surface area contributed by atoms with Crippen LogP contribution in [0.25, 0.3) is 0 Å². The molecule has 32 heavy (non-hydrogen) atoms. The van der Waals surface area contributed by atoms with Crippen LogP contribution in [-0.4, -0.2) is 13.0 Å². The average molecular weight is 491 g/mol. The summed E-state index contributed by atoms with van der Waals surface area (Å²) in [5.74, 6) is -2.32. The maximum Gasteiger partial charge on any atom is 0.244 e. The van der Waals surface area contributed by atoms with Crippen LogP contribution in [0.1, 0.15) is 30.6 Å². The van der Waals surface area contributed by atoms with Crippen LogP contribution in [-0.2, 0) is 15.3 Å². The third kappa shape index (κ3) is 2.50. The first-order valence-corrected chi connectivity index (χ1v) is 10.8. The van der Waals surface area contributed by atoms with Crippen molar-refractivity contribution >= 4 is 21.8 Å². The van der Waals surface area contributed by atoms with Crippen molar-refractivity contribution in [1.82, 2.24) is 0 Å². The van der Waals surface area contributed by atoms with Crippen LogP contribution in [0.3, 0.4) is 0 Å². The van der Waals surface area contributed by atoms with Gasteiger partial charge in [-0.05, 0) is 24.6 Å². The van der Waals surface area contributed by atoms with Crippen molar-refractivity contribution in [3.05, 3.63) is 64.1 Å². The van der Waals surface area contributed by atoms with Gasteiger partial charge in [-0.25, -0.2) is 0 Å². The Morgan fingerprint density at radius 3 is 2.34 bits per heavy atom. The molecule has 0 aromatic heterocycles. The number of nitrogens with one attached hydrogen (secondary N) is 1. The van der Waals surface area contributed by atoms with E-state index in [1.165, 1.54) is 7.11 Å². The van der Waals surface area contributed by atoms with Gasteiger partial charge in [0, 0.05) is 15.6 Å². The van der Waals surface area contributed by atoms with Gasteiger partial charge in [0.05, 0.1) is 31.2 Å². The second-order valence-electron chi connectivity index (χ2n) is 7.76. The first-order chi connectivity index (χ1) is 15.4. The lowest BCUT2D eigenvalue weighted by atomic mass is 9.52. The van der Waals surface area contributed by atoms with Crippen LogP contribution < -0.4 is 4.74 Å². The van der Waals surface area contributed by atoms with Crippen molar-refractivity contribution < 1.29 is 14.2 Å². The molecule has 2 fully saturated rings. The number of ether oxygens (including phenoxy) is 3. The van der Waals surface area contributed by atoms with Crippen molar-refractivity contribution in [2.45, 2.75) is 25.2 Å². The first-order valence-electron chi connectivity index (χ1n) is 9.99. The van der Waals surface area contributed by atoms with Crippen LogP contribution in [0.5, 0.6) is 5.75 Å². The van der Waals surface area contributed by atoms with Gasteiger partial charge in [-0.15, -0.1) is 0 Å². The molecule has 0 radical (unpaired) electrons. The molecule has 8 heteroatoms. The number of halogens is 1. The lowest BCUT2D eigenvalue weighted by Crippen LogP contribution is -2.58. The summed E-state index contributed by atoms with van der Waals surface area (Å²) in [6.07, 6.45) is -0.881. The van der Waals surface area contributed by atoms with E-state index in [-0.39, 0.29) is 0 Å². The number of hydrogen-bond acceptors (Lipinski definition) is 7. The van der Waals surface area contributed by atoms with Gasteiger partial charge in [0.2, 0.25) is 17.1 Å². The van der Waals surface area contributed by atoms with Crippen LogP contribution in [0.2, 0.25) is 0 Å². The molecule has 0 aliphatic carbocycles. The fraction of sp³-hybridized carbons (Fsp3) is 0.333. The molecular formula is C24H19BrN4O3. The van der Waals surface area contributed by atoms with E-state index in [1.54, 1.807) is 30.3 Å². The Kier molecular flexibility index (Phi) is 5.21. The second-order valence-corrected chi connectivity index (χ2v) is 8.68. The van der Waals surface area contributed by atoms with E-state index < -0.39 is 34.5 Å². The largest absolute Gasteiger partial charge is 0.496 e. The molecule has 0 spiro atoms. The lowest BCUT2D eigenvalue weighted by molar-refractivity contribution is -0.293. The Labute approximate surface area is 194 Å². The number of rotatable bonds is 4. The topological polar surface area (TPSA) is 123 Å². The van der Waals surface area contributed by atoms with E-state index in [0.29, 0.717) is 27.8 Å². The number of hydrogen-bond donors (Lipinski definition) is 1. The zero-order chi connectivity index (χ0) is 23.1. The highest BCUT2D eigenvalue weighted by Crippen LogP contribution is 2.70. The van der Waals surface area contributed by atoms with Crippen molar-refractivity contribution in [2.24, 2.45) is 16.7 Å². The van der Waals surface area contributed by atoms with E-state index in [0.717, 1.165) is 0 Å². The van der Waals surface area contributed by atoms with Crippen LogP contribution >= 0.6 is 15.9 Å². The Hall–Kier alpha value is -3.38. The van der Waals surface area contributed by atoms with Crippen LogP contribution in [0.4, 0.5) is 0 Å². The van der Waals surface area contributed by atoms with Gasteiger partial charge in [0.15, 0.2) is 5.41 Å². The summed E-state index contributed by atoms with van der Waals surface area (Å²) in [6, 6.07) is 20.5. The number of nitriles is 3. The summed E-state index contributed by atoms with van der Waals surface area (Å²) >= 11 is 3.43. The molecule has 0 amide bonds. The summed E-state index contributed by atoms with van der Waals surface area (Å²) in [5.41, 5.74) is -2.88. The van der Waals surface area contributed by atoms with E-state index in [4.69, 9.17) is 19.6 Å². The minimum Gasteiger partial charge on any atom is -0.496 e. The monoisotopic (exact) mass is 490 g/mol. The zero-order valence-corrected chi connectivity index (χ0v) is 19.0. The van der Waals surface area contributed by atoms with E-state index >= 15 is 0 Å². The van der Waals surface area contributed by atoms with E-state index in [1.807, 2.05) is 25.1 Å². The molecule has 2 saturated heterocycles. The normalized spacial score (nSPS) is 29.8. The van der Waals surface area contributed by atoms with Gasteiger partial charge in [0.1, 0.15) is 11.9 Å². The van der Waals surface area contributed by atoms with Crippen molar-refractivity contribution in [2.75, 3.05) is 7.11 Å². The Bertz CT molecular complexity index is 1200. The van der Waals surface area contributed by atoms with Gasteiger partial charge < -0.3 is 14.2 Å². The predicted octanol–water partition coefficient (Wildman–Crippen LogP) is 4.96. The summed E-state index contributed by atoms with van der Waals surface area (Å²) in [6.45, 7) is 1.83. The van der Waals surface area contributed by atoms with Gasteiger partial charge in [0.25, 0.3) is 0 Å². The second kappa shape index (κ2) is 7.64. The number of fused-ring (bicyclic) bond motifs is 2. The molecule has 1 N–H and O–H groups in total. The highest BCUT2D eigenvalue weighted by molar-refractivity contribution is 9.10. The highest BCUT2D eigenvalue weighted by atomic mass is 79.9. The molecule has 4 atom stereocenters. The molecule has 2 aliphatic rings. The van der Waals surface area contributed by atoms with Crippen molar-refractivity contribution in [3.63, 3.8) is 0 Å². The maximum absolute atomic E-state index is 10.5. The summed E-state index contributed by atoms with van der Waals surface area (Å²) in [7, 11) is 1.48. The molecule has 4 unspecified atom stereocenters. The Balaban J connectivity index is 2.11. The van der Waals surface area contributed by atoms with Crippen molar-refractivity contribution in [3.8, 4) is 24.0 Å².